The van der Waals surface area contributed by atoms with Gasteiger partial charge in [0, 0.05) is 10.7 Å². The number of nitrogens with zero attached hydrogens (tertiary/aromatic N) is 1. The average Bonchev–Trinajstić information content (AvgIpc) is 2.35. The van der Waals surface area contributed by atoms with Gasteiger partial charge in [-0.05, 0) is 38.6 Å². The van der Waals surface area contributed by atoms with Crippen LogP contribution in [-0.2, 0) is 9.59 Å². The predicted molar refractivity (Wildman–Crippen MR) is 79.0 cm³/mol. The molecule has 0 spiro atoms. The van der Waals surface area contributed by atoms with Crippen molar-refractivity contribution in [1.29, 1.82) is 0 Å². The molecule has 0 unspecified atom stereocenters. The van der Waals surface area contributed by atoms with Crippen LogP contribution < -0.4 is 5.32 Å². The van der Waals surface area contributed by atoms with Crippen molar-refractivity contribution in [2.75, 3.05) is 18.4 Å². The third-order valence-corrected chi connectivity index (χ3v) is 3.37. The zero-order chi connectivity index (χ0) is 15.3. The van der Waals surface area contributed by atoms with Crippen molar-refractivity contribution in [2.45, 2.75) is 26.3 Å². The van der Waals surface area contributed by atoms with Crippen molar-refractivity contribution in [3.05, 3.63) is 29.3 Å². The number of carbonyl (C=O) groups excluding carboxylic acids is 1. The van der Waals surface area contributed by atoms with Crippen LogP contribution in [0.25, 0.3) is 0 Å². The minimum Gasteiger partial charge on any atom is -0.480 e. The fraction of sp³-hybridized carbons (Fsp3) is 0.429. The third-order valence-electron chi connectivity index (χ3n) is 3.14. The van der Waals surface area contributed by atoms with Crippen LogP contribution >= 0.6 is 11.6 Å². The van der Waals surface area contributed by atoms with Crippen molar-refractivity contribution in [2.24, 2.45) is 0 Å². The number of carboxylic acids is 1. The number of amides is 1. The van der Waals surface area contributed by atoms with Gasteiger partial charge in [-0.15, -0.1) is 0 Å². The normalized spacial score (nSPS) is 11.4. The number of carboxylic acid groups (broad SMARTS) is 1. The minimum absolute atomic E-state index is 0.00229. The van der Waals surface area contributed by atoms with Gasteiger partial charge in [-0.2, -0.15) is 0 Å². The van der Waals surface area contributed by atoms with Crippen LogP contribution in [0, 0.1) is 0 Å². The highest BCUT2D eigenvalue weighted by molar-refractivity contribution is 6.30. The van der Waals surface area contributed by atoms with E-state index in [0.717, 1.165) is 0 Å². The van der Waals surface area contributed by atoms with E-state index >= 15 is 0 Å². The smallest absolute Gasteiger partial charge is 0.323 e. The number of carbonyl (C=O) groups is 2. The third kappa shape index (κ3) is 4.21. The van der Waals surface area contributed by atoms with E-state index in [0.29, 0.717) is 17.3 Å². The first-order chi connectivity index (χ1) is 9.27. The summed E-state index contributed by atoms with van der Waals surface area (Å²) in [6, 6.07) is 6.81. The number of aliphatic carboxylic acids is 1. The van der Waals surface area contributed by atoms with E-state index in [1.165, 1.54) is 0 Å². The van der Waals surface area contributed by atoms with Crippen LogP contribution in [0.2, 0.25) is 5.02 Å². The lowest BCUT2D eigenvalue weighted by Crippen LogP contribution is -2.52. The lowest BCUT2D eigenvalue weighted by Gasteiger charge is -2.33. The molecule has 1 rings (SSSR count). The van der Waals surface area contributed by atoms with E-state index in [9.17, 15) is 14.7 Å². The maximum Gasteiger partial charge on any atom is 0.323 e. The van der Waals surface area contributed by atoms with Gasteiger partial charge >= 0.3 is 5.97 Å². The van der Waals surface area contributed by atoms with Gasteiger partial charge in [-0.1, -0.05) is 24.6 Å². The van der Waals surface area contributed by atoms with Gasteiger partial charge in [0.1, 0.15) is 5.54 Å². The molecular weight excluding hydrogens is 280 g/mol. The van der Waals surface area contributed by atoms with Crippen LogP contribution in [0.5, 0.6) is 0 Å². The summed E-state index contributed by atoms with van der Waals surface area (Å²) in [6.45, 7) is 5.43. The topological polar surface area (TPSA) is 69.6 Å². The largest absolute Gasteiger partial charge is 0.480 e. The number of hydrogen-bond acceptors (Lipinski definition) is 3. The Bertz CT molecular complexity index is 503. The van der Waals surface area contributed by atoms with Crippen molar-refractivity contribution in [3.8, 4) is 0 Å². The number of nitrogens with one attached hydrogen (secondary N) is 1. The van der Waals surface area contributed by atoms with Gasteiger partial charge in [-0.25, -0.2) is 0 Å². The molecule has 0 aliphatic carbocycles. The molecule has 0 aliphatic heterocycles. The maximum absolute atomic E-state index is 12.0. The van der Waals surface area contributed by atoms with Gasteiger partial charge in [0.25, 0.3) is 0 Å². The molecule has 0 saturated heterocycles. The molecule has 0 fully saturated rings. The molecule has 0 aromatic heterocycles. The molecule has 5 nitrogen and oxygen atoms in total. The van der Waals surface area contributed by atoms with Crippen LogP contribution in [0.4, 0.5) is 5.69 Å². The molecule has 0 atom stereocenters. The minimum atomic E-state index is -1.10. The van der Waals surface area contributed by atoms with Crippen molar-refractivity contribution < 1.29 is 14.7 Å². The molecule has 0 heterocycles. The summed E-state index contributed by atoms with van der Waals surface area (Å²) in [6.07, 6.45) is 0. The van der Waals surface area contributed by atoms with E-state index in [1.807, 2.05) is 6.92 Å². The number of likely N-dealkylation sites (N-methyl/N-ethyl adjacent to an activating group) is 1. The standard InChI is InChI=1S/C14H19ClN2O3/c1-4-17(14(2,3)13(19)20)9-12(18)16-11-7-5-6-10(15)8-11/h5-8H,4,9H2,1-3H3,(H,16,18)(H,19,20). The average molecular weight is 299 g/mol. The first kappa shape index (κ1) is 16.5. The SMILES string of the molecule is CCN(CC(=O)Nc1cccc(Cl)c1)C(C)(C)C(=O)O. The van der Waals surface area contributed by atoms with Gasteiger partial charge in [0.05, 0.1) is 6.54 Å². The monoisotopic (exact) mass is 298 g/mol. The van der Waals surface area contributed by atoms with Gasteiger partial charge in [0.2, 0.25) is 5.91 Å². The number of rotatable bonds is 6. The Labute approximate surface area is 123 Å². The van der Waals surface area contributed by atoms with Crippen molar-refractivity contribution in [1.82, 2.24) is 4.90 Å². The number of halogens is 1. The van der Waals surface area contributed by atoms with E-state index < -0.39 is 11.5 Å². The summed E-state index contributed by atoms with van der Waals surface area (Å²) in [5, 5.41) is 12.4. The summed E-state index contributed by atoms with van der Waals surface area (Å²) in [7, 11) is 0. The van der Waals surface area contributed by atoms with Crippen LogP contribution in [0.15, 0.2) is 24.3 Å². The Balaban J connectivity index is 2.71. The zero-order valence-electron chi connectivity index (χ0n) is 11.8. The predicted octanol–water partition coefficient (Wildman–Crippen LogP) is 2.46. The molecule has 110 valence electrons. The fourth-order valence-corrected chi connectivity index (χ4v) is 1.97. The summed E-state index contributed by atoms with van der Waals surface area (Å²) in [5.41, 5.74) is -0.507. The lowest BCUT2D eigenvalue weighted by atomic mass is 10.0. The molecule has 6 heteroatoms. The van der Waals surface area contributed by atoms with Crippen LogP contribution in [-0.4, -0.2) is 40.5 Å². The second kappa shape index (κ2) is 6.72. The number of anilines is 1. The first-order valence-corrected chi connectivity index (χ1v) is 6.69. The Morgan fingerprint density at radius 3 is 2.55 bits per heavy atom. The fourth-order valence-electron chi connectivity index (χ4n) is 1.78. The van der Waals surface area contributed by atoms with Crippen molar-refractivity contribution >= 4 is 29.2 Å². The van der Waals surface area contributed by atoms with Gasteiger partial charge in [-0.3, -0.25) is 14.5 Å². The molecular formula is C14H19ClN2O3. The van der Waals surface area contributed by atoms with Gasteiger partial charge in [0.15, 0.2) is 0 Å². The van der Waals surface area contributed by atoms with Crippen molar-refractivity contribution in [3.63, 3.8) is 0 Å². The molecule has 20 heavy (non-hydrogen) atoms. The van der Waals surface area contributed by atoms with Gasteiger partial charge < -0.3 is 10.4 Å². The Hall–Kier alpha value is -1.59. The molecule has 1 aromatic carbocycles. The zero-order valence-corrected chi connectivity index (χ0v) is 12.6. The summed E-state index contributed by atoms with van der Waals surface area (Å²) in [5.74, 6) is -1.24. The van der Waals surface area contributed by atoms with E-state index in [-0.39, 0.29) is 12.5 Å². The molecule has 1 aromatic rings. The molecule has 0 bridgehead atoms. The molecule has 1 amide bonds. The second-order valence-corrected chi connectivity index (χ2v) is 5.37. The highest BCUT2D eigenvalue weighted by Gasteiger charge is 2.34. The highest BCUT2D eigenvalue weighted by atomic mass is 35.5. The van der Waals surface area contributed by atoms with Crippen LogP contribution in [0.1, 0.15) is 20.8 Å². The first-order valence-electron chi connectivity index (χ1n) is 6.31. The molecule has 0 aliphatic rings. The quantitative estimate of drug-likeness (QED) is 0.846. The Morgan fingerprint density at radius 2 is 2.05 bits per heavy atom. The lowest BCUT2D eigenvalue weighted by molar-refractivity contribution is -0.149. The Morgan fingerprint density at radius 1 is 1.40 bits per heavy atom. The maximum atomic E-state index is 12.0. The molecule has 0 saturated carbocycles. The molecule has 2 N–H and O–H groups in total. The summed E-state index contributed by atoms with van der Waals surface area (Å²) >= 11 is 5.84. The summed E-state index contributed by atoms with van der Waals surface area (Å²) in [4.78, 5) is 24.8. The van der Waals surface area contributed by atoms with E-state index in [1.54, 1.807) is 43.0 Å². The van der Waals surface area contributed by atoms with Crippen LogP contribution in [0.3, 0.4) is 0 Å². The van der Waals surface area contributed by atoms with E-state index in [4.69, 9.17) is 11.6 Å². The second-order valence-electron chi connectivity index (χ2n) is 4.94. The number of hydrogen-bond donors (Lipinski definition) is 2. The summed E-state index contributed by atoms with van der Waals surface area (Å²) < 4.78 is 0. The van der Waals surface area contributed by atoms with E-state index in [2.05, 4.69) is 5.32 Å². The number of benzene rings is 1. The Kier molecular flexibility index (Phi) is 5.53. The highest BCUT2D eigenvalue weighted by Crippen LogP contribution is 2.17. The molecule has 0 radical (unpaired) electrons.